The van der Waals surface area contributed by atoms with Gasteiger partial charge in [-0.3, -0.25) is 10.1 Å². The van der Waals surface area contributed by atoms with E-state index in [0.29, 0.717) is 11.4 Å². The predicted octanol–water partition coefficient (Wildman–Crippen LogP) is 3.93. The zero-order valence-electron chi connectivity index (χ0n) is 18.7. The minimum Gasteiger partial charge on any atom is -0.495 e. The third-order valence-electron chi connectivity index (χ3n) is 6.45. The first-order valence-electron chi connectivity index (χ1n) is 11.1. The van der Waals surface area contributed by atoms with Crippen LogP contribution >= 0.6 is 0 Å². The second-order valence-electron chi connectivity index (χ2n) is 8.52. The quantitative estimate of drug-likeness (QED) is 0.441. The monoisotopic (exact) mass is 439 g/mol. The lowest BCUT2D eigenvalue weighted by atomic mass is 10.1. The number of fused-ring (bicyclic) bond motifs is 2. The second kappa shape index (κ2) is 7.90. The van der Waals surface area contributed by atoms with E-state index in [1.807, 2.05) is 18.5 Å². The average molecular weight is 440 g/mol. The average Bonchev–Trinajstić information content (AvgIpc) is 3.48. The van der Waals surface area contributed by atoms with Crippen LogP contribution in [0.25, 0.3) is 44.5 Å². The zero-order valence-corrected chi connectivity index (χ0v) is 18.7. The normalized spacial score (nSPS) is 14.9. The zero-order chi connectivity index (χ0) is 22.4. The van der Waals surface area contributed by atoms with Gasteiger partial charge in [0.25, 0.3) is 0 Å². The summed E-state index contributed by atoms with van der Waals surface area (Å²) in [4.78, 5) is 17.3. The number of aromatic amines is 2. The molecule has 5 heterocycles. The number of benzene rings is 1. The maximum Gasteiger partial charge on any atom is 0.181 e. The number of aromatic nitrogens is 5. The topological polar surface area (TPSA) is 86.0 Å². The molecule has 1 saturated heterocycles. The van der Waals surface area contributed by atoms with Gasteiger partial charge in [-0.15, -0.1) is 0 Å². The predicted molar refractivity (Wildman–Crippen MR) is 131 cm³/mol. The second-order valence-corrected chi connectivity index (χ2v) is 8.52. The van der Waals surface area contributed by atoms with Crippen LogP contribution in [0.15, 0.2) is 55.0 Å². The van der Waals surface area contributed by atoms with Crippen molar-refractivity contribution in [2.45, 2.75) is 0 Å². The van der Waals surface area contributed by atoms with Crippen LogP contribution in [0.4, 0.5) is 5.69 Å². The number of piperazine rings is 1. The Bertz CT molecular complexity index is 1450. The maximum atomic E-state index is 5.33. The van der Waals surface area contributed by atoms with E-state index in [9.17, 15) is 0 Å². The molecule has 0 atom stereocenters. The number of methoxy groups -OCH3 is 1. The van der Waals surface area contributed by atoms with Crippen LogP contribution in [-0.2, 0) is 0 Å². The molecular weight excluding hydrogens is 414 g/mol. The van der Waals surface area contributed by atoms with Crippen LogP contribution in [-0.4, -0.2) is 70.4 Å². The molecule has 5 aromatic rings. The molecule has 1 aliphatic heterocycles. The fraction of sp³-hybridized carbons (Fsp3) is 0.240. The summed E-state index contributed by atoms with van der Waals surface area (Å²) >= 11 is 0. The molecule has 0 unspecified atom stereocenters. The number of pyridine rings is 2. The molecule has 1 fully saturated rings. The largest absolute Gasteiger partial charge is 0.495 e. The van der Waals surface area contributed by atoms with Crippen molar-refractivity contribution >= 4 is 27.6 Å². The molecule has 0 aliphatic carbocycles. The summed E-state index contributed by atoms with van der Waals surface area (Å²) in [6.45, 7) is 4.22. The fourth-order valence-corrected chi connectivity index (χ4v) is 4.55. The van der Waals surface area contributed by atoms with Crippen LogP contribution in [0.2, 0.25) is 0 Å². The summed E-state index contributed by atoms with van der Waals surface area (Å²) in [6.07, 6.45) is 5.33. The summed E-state index contributed by atoms with van der Waals surface area (Å²) in [7, 11) is 3.82. The van der Waals surface area contributed by atoms with Crippen LogP contribution in [0.1, 0.15) is 0 Å². The molecule has 0 bridgehead atoms. The molecule has 4 aromatic heterocycles. The van der Waals surface area contributed by atoms with Crippen molar-refractivity contribution in [3.8, 4) is 28.3 Å². The standard InChI is InChI=1S/C25H25N7O/c1-31-6-8-32(9-7-31)23-5-3-4-21-19(23)12-22(28-21)24-20-11-17(14-27-25(20)30-29-24)16-10-18(33-2)15-26-13-16/h3-5,10-15,28H,6-9H2,1-2H3,(H,27,29,30). The van der Waals surface area contributed by atoms with Crippen molar-refractivity contribution in [2.24, 2.45) is 0 Å². The van der Waals surface area contributed by atoms with Gasteiger partial charge in [-0.25, -0.2) is 4.98 Å². The molecule has 1 aromatic carbocycles. The Balaban J connectivity index is 1.43. The van der Waals surface area contributed by atoms with Gasteiger partial charge in [-0.2, -0.15) is 5.10 Å². The molecule has 0 spiro atoms. The van der Waals surface area contributed by atoms with E-state index in [1.54, 1.807) is 13.3 Å². The molecular formula is C25H25N7O. The van der Waals surface area contributed by atoms with Crippen molar-refractivity contribution in [1.82, 2.24) is 30.0 Å². The number of nitrogens with one attached hydrogen (secondary N) is 2. The number of ether oxygens (including phenoxy) is 1. The molecule has 1 aliphatic rings. The van der Waals surface area contributed by atoms with Crippen molar-refractivity contribution < 1.29 is 4.74 Å². The summed E-state index contributed by atoms with van der Waals surface area (Å²) in [5.74, 6) is 0.715. The van der Waals surface area contributed by atoms with E-state index in [0.717, 1.165) is 59.6 Å². The highest BCUT2D eigenvalue weighted by atomic mass is 16.5. The molecule has 0 amide bonds. The number of likely N-dealkylation sites (N-methyl/N-ethyl adjacent to an activating group) is 1. The third kappa shape index (κ3) is 3.48. The van der Waals surface area contributed by atoms with Gasteiger partial charge in [0.1, 0.15) is 5.75 Å². The lowest BCUT2D eigenvalue weighted by Crippen LogP contribution is -2.44. The Morgan fingerprint density at radius 2 is 1.79 bits per heavy atom. The van der Waals surface area contributed by atoms with Crippen molar-refractivity contribution in [2.75, 3.05) is 45.2 Å². The molecule has 2 N–H and O–H groups in total. The molecule has 6 rings (SSSR count). The lowest BCUT2D eigenvalue weighted by Gasteiger charge is -2.34. The van der Waals surface area contributed by atoms with Crippen molar-refractivity contribution in [1.29, 1.82) is 0 Å². The van der Waals surface area contributed by atoms with E-state index >= 15 is 0 Å². The Labute approximate surface area is 191 Å². The first-order chi connectivity index (χ1) is 16.2. The summed E-state index contributed by atoms with van der Waals surface area (Å²) in [6, 6.07) is 12.7. The Morgan fingerprint density at radius 3 is 2.64 bits per heavy atom. The van der Waals surface area contributed by atoms with Crippen LogP contribution in [0.5, 0.6) is 5.75 Å². The van der Waals surface area contributed by atoms with Gasteiger partial charge in [0.05, 0.1) is 24.7 Å². The number of H-pyrrole nitrogens is 2. The van der Waals surface area contributed by atoms with Gasteiger partial charge in [0, 0.05) is 71.7 Å². The molecule has 33 heavy (non-hydrogen) atoms. The fourth-order valence-electron chi connectivity index (χ4n) is 4.55. The van der Waals surface area contributed by atoms with Gasteiger partial charge in [0.15, 0.2) is 5.65 Å². The molecule has 166 valence electrons. The Kier molecular flexibility index (Phi) is 4.73. The lowest BCUT2D eigenvalue weighted by molar-refractivity contribution is 0.313. The number of anilines is 1. The number of hydrogen-bond acceptors (Lipinski definition) is 6. The number of nitrogens with zero attached hydrogens (tertiary/aromatic N) is 5. The Morgan fingerprint density at radius 1 is 0.939 bits per heavy atom. The SMILES string of the molecule is COc1cncc(-c2cnc3n[nH]c(-c4cc5c(N6CCN(C)CC6)cccc5[nH]4)c3c2)c1. The van der Waals surface area contributed by atoms with E-state index in [2.05, 4.69) is 72.3 Å². The van der Waals surface area contributed by atoms with Crippen molar-refractivity contribution in [3.05, 3.63) is 55.0 Å². The maximum absolute atomic E-state index is 5.33. The molecule has 8 nitrogen and oxygen atoms in total. The van der Waals surface area contributed by atoms with Crippen LogP contribution < -0.4 is 9.64 Å². The van der Waals surface area contributed by atoms with Gasteiger partial charge in [-0.1, -0.05) is 6.07 Å². The summed E-state index contributed by atoms with van der Waals surface area (Å²) in [5, 5.41) is 9.82. The van der Waals surface area contributed by atoms with Crippen molar-refractivity contribution in [3.63, 3.8) is 0 Å². The van der Waals surface area contributed by atoms with E-state index in [-0.39, 0.29) is 0 Å². The smallest absolute Gasteiger partial charge is 0.181 e. The molecule has 0 radical (unpaired) electrons. The third-order valence-corrected chi connectivity index (χ3v) is 6.45. The van der Waals surface area contributed by atoms with Gasteiger partial charge >= 0.3 is 0 Å². The highest BCUT2D eigenvalue weighted by Gasteiger charge is 2.19. The molecule has 0 saturated carbocycles. The van der Waals surface area contributed by atoms with E-state index in [1.165, 1.54) is 11.1 Å². The summed E-state index contributed by atoms with van der Waals surface area (Å²) in [5.41, 5.74) is 6.91. The van der Waals surface area contributed by atoms with Gasteiger partial charge in [0.2, 0.25) is 0 Å². The molecule has 8 heteroatoms. The highest BCUT2D eigenvalue weighted by molar-refractivity contribution is 6.00. The number of rotatable bonds is 4. The van der Waals surface area contributed by atoms with Crippen LogP contribution in [0, 0.1) is 0 Å². The first kappa shape index (κ1) is 19.8. The van der Waals surface area contributed by atoms with Crippen LogP contribution in [0.3, 0.4) is 0 Å². The Hall–Kier alpha value is -3.91. The van der Waals surface area contributed by atoms with Gasteiger partial charge in [-0.05, 0) is 37.4 Å². The minimum absolute atomic E-state index is 0.683. The van der Waals surface area contributed by atoms with Gasteiger partial charge < -0.3 is 19.5 Å². The van der Waals surface area contributed by atoms with E-state index in [4.69, 9.17) is 4.74 Å². The highest BCUT2D eigenvalue weighted by Crippen LogP contribution is 2.34. The van der Waals surface area contributed by atoms with E-state index < -0.39 is 0 Å². The summed E-state index contributed by atoms with van der Waals surface area (Å²) < 4.78 is 5.33. The minimum atomic E-state index is 0.683. The first-order valence-corrected chi connectivity index (χ1v) is 11.1. The number of hydrogen-bond donors (Lipinski definition) is 2.